The van der Waals surface area contributed by atoms with Crippen LogP contribution in [-0.4, -0.2) is 16.9 Å². The van der Waals surface area contributed by atoms with Crippen molar-refractivity contribution < 1.29 is 0 Å². The maximum atomic E-state index is 8.46. The standard InChI is InChI=1S/C6BN5/c8-1-4-5(2-9)12-7-6(3-10)11-4. The molecule has 0 atom stereocenters. The first-order valence-corrected chi connectivity index (χ1v) is 2.89. The van der Waals surface area contributed by atoms with Gasteiger partial charge >= 0.3 is 67.9 Å². The van der Waals surface area contributed by atoms with E-state index in [1.165, 1.54) is 0 Å². The third-order valence-corrected chi connectivity index (χ3v) is 1.10. The second kappa shape index (κ2) is 3.23. The van der Waals surface area contributed by atoms with Crippen LogP contribution in [-0.2, 0) is 0 Å². The molecule has 0 amide bonds. The normalized spacial score (nSPS) is 7.42. The predicted octanol–water partition coefficient (Wildman–Crippen LogP) is -0.570. The van der Waals surface area contributed by atoms with Gasteiger partial charge < -0.3 is 0 Å². The Balaban J connectivity index is 3.37. The number of nitriles is 3. The van der Waals surface area contributed by atoms with Crippen molar-refractivity contribution in [2.75, 3.05) is 0 Å². The molecule has 0 unspecified atom stereocenters. The maximum absolute atomic E-state index is 8.46. The molecular weight excluding hydrogens is 153 g/mol. The summed E-state index contributed by atoms with van der Waals surface area (Å²) in [6, 6.07) is 5.09. The molecule has 0 spiro atoms. The molecule has 0 aromatic carbocycles. The zero-order chi connectivity index (χ0) is 8.97. The second-order valence-electron chi connectivity index (χ2n) is 1.79. The van der Waals surface area contributed by atoms with Crippen molar-refractivity contribution in [3.63, 3.8) is 0 Å². The van der Waals surface area contributed by atoms with Crippen LogP contribution in [0.25, 0.3) is 0 Å². The number of rotatable bonds is 0. The van der Waals surface area contributed by atoms with Crippen LogP contribution >= 0.6 is 0 Å². The van der Waals surface area contributed by atoms with Gasteiger partial charge in [0.05, 0.1) is 0 Å². The summed E-state index contributed by atoms with van der Waals surface area (Å²) >= 11 is 0. The summed E-state index contributed by atoms with van der Waals surface area (Å²) in [5, 5.41) is 25.3. The summed E-state index contributed by atoms with van der Waals surface area (Å²) in [5.41, 5.74) is -0.140. The first-order chi connectivity index (χ1) is 5.81. The van der Waals surface area contributed by atoms with Crippen molar-refractivity contribution in [2.45, 2.75) is 0 Å². The van der Waals surface area contributed by atoms with E-state index in [-0.39, 0.29) is 17.0 Å². The fourth-order valence-corrected chi connectivity index (χ4v) is 0.603. The molecule has 0 aliphatic rings. The van der Waals surface area contributed by atoms with Crippen LogP contribution in [0.2, 0.25) is 0 Å². The van der Waals surface area contributed by atoms with Crippen LogP contribution in [0.15, 0.2) is 0 Å². The second-order valence-corrected chi connectivity index (χ2v) is 1.79. The molecule has 0 aliphatic heterocycles. The Kier molecular flexibility index (Phi) is 2.11. The summed E-state index contributed by atoms with van der Waals surface area (Å²) < 4.78 is 0. The molecule has 52 valence electrons. The van der Waals surface area contributed by atoms with Crippen LogP contribution in [0, 0.1) is 34.0 Å². The van der Waals surface area contributed by atoms with Crippen molar-refractivity contribution in [3.8, 4) is 18.2 Å². The predicted molar refractivity (Wildman–Crippen MR) is 37.5 cm³/mol. The van der Waals surface area contributed by atoms with Crippen LogP contribution < -0.4 is 0 Å². The SMILES string of the molecule is N#Cc1bnc(C#N)c(C#N)n1. The quantitative estimate of drug-likeness (QED) is 0.496. The molecule has 0 radical (unpaired) electrons. The summed E-state index contributed by atoms with van der Waals surface area (Å²) in [5.74, 6) is 0. The first kappa shape index (κ1) is 7.85. The summed E-state index contributed by atoms with van der Waals surface area (Å²) in [7, 11) is 1.15. The molecule has 1 aromatic rings. The van der Waals surface area contributed by atoms with Crippen LogP contribution in [0.3, 0.4) is 0 Å². The van der Waals surface area contributed by atoms with Gasteiger partial charge in [-0.1, -0.05) is 0 Å². The van der Waals surface area contributed by atoms with Crippen molar-refractivity contribution in [1.29, 1.82) is 15.8 Å². The van der Waals surface area contributed by atoms with Gasteiger partial charge in [0.2, 0.25) is 0 Å². The molecule has 1 aromatic heterocycles. The number of aromatic nitrogens is 2. The van der Waals surface area contributed by atoms with E-state index in [4.69, 9.17) is 15.8 Å². The van der Waals surface area contributed by atoms with E-state index in [1.54, 1.807) is 18.2 Å². The van der Waals surface area contributed by atoms with Gasteiger partial charge in [0.15, 0.2) is 0 Å². The van der Waals surface area contributed by atoms with Gasteiger partial charge in [-0.15, -0.1) is 0 Å². The molecule has 0 saturated heterocycles. The van der Waals surface area contributed by atoms with E-state index >= 15 is 0 Å². The van der Waals surface area contributed by atoms with Gasteiger partial charge in [-0.25, -0.2) is 0 Å². The molecule has 6 heteroatoms. The monoisotopic (exact) mass is 153 g/mol. The average Bonchev–Trinajstić information content (AvgIpc) is 2.16. The Morgan fingerprint density at radius 2 is 1.67 bits per heavy atom. The molecule has 0 saturated carbocycles. The Hall–Kier alpha value is -2.26. The Morgan fingerprint density at radius 3 is 2.17 bits per heavy atom. The molecule has 1 rings (SSSR count). The zero-order valence-electron chi connectivity index (χ0n) is 5.81. The molecular formula is C6BN5. The molecule has 0 bridgehead atoms. The van der Waals surface area contributed by atoms with Gasteiger partial charge in [0, 0.05) is 0 Å². The van der Waals surface area contributed by atoms with E-state index in [0.717, 1.165) is 7.05 Å². The van der Waals surface area contributed by atoms with Gasteiger partial charge in [-0.3, -0.25) is 0 Å². The minimum absolute atomic E-state index is 0.0329. The topological polar surface area (TPSA) is 97.1 Å². The van der Waals surface area contributed by atoms with Crippen LogP contribution in [0.4, 0.5) is 0 Å². The van der Waals surface area contributed by atoms with Crippen molar-refractivity contribution in [3.05, 3.63) is 17.0 Å². The van der Waals surface area contributed by atoms with Crippen LogP contribution in [0.1, 0.15) is 17.0 Å². The van der Waals surface area contributed by atoms with Crippen molar-refractivity contribution in [2.24, 2.45) is 0 Å². The molecule has 0 N–H and O–H groups in total. The van der Waals surface area contributed by atoms with Gasteiger partial charge in [0.25, 0.3) is 0 Å². The van der Waals surface area contributed by atoms with E-state index in [0.29, 0.717) is 0 Å². The molecule has 5 nitrogen and oxygen atoms in total. The molecule has 1 heterocycles. The molecule has 12 heavy (non-hydrogen) atoms. The minimum atomic E-state index is -0.114. The fraction of sp³-hybridized carbons (Fsp3) is 0. The summed E-state index contributed by atoms with van der Waals surface area (Å²) in [6.07, 6.45) is 0. The first-order valence-electron chi connectivity index (χ1n) is 2.89. The van der Waals surface area contributed by atoms with Crippen molar-refractivity contribution >= 4 is 7.05 Å². The number of hydrogen-bond donors (Lipinski definition) is 0. The van der Waals surface area contributed by atoms with E-state index < -0.39 is 0 Å². The van der Waals surface area contributed by atoms with Crippen molar-refractivity contribution in [1.82, 2.24) is 9.88 Å². The zero-order valence-corrected chi connectivity index (χ0v) is 5.81. The van der Waals surface area contributed by atoms with E-state index in [2.05, 4.69) is 9.88 Å². The number of nitrogens with zero attached hydrogens (tertiary/aromatic N) is 5. The van der Waals surface area contributed by atoms with Gasteiger partial charge in [0.1, 0.15) is 0 Å². The number of hydrogen-bond acceptors (Lipinski definition) is 5. The third-order valence-electron chi connectivity index (χ3n) is 1.10. The molecule has 0 aliphatic carbocycles. The third kappa shape index (κ3) is 1.26. The van der Waals surface area contributed by atoms with Gasteiger partial charge in [-0.05, 0) is 0 Å². The Morgan fingerprint density at radius 1 is 1.00 bits per heavy atom. The Labute approximate surface area is 68.8 Å². The molecule has 0 fully saturated rings. The van der Waals surface area contributed by atoms with E-state index in [9.17, 15) is 0 Å². The summed E-state index contributed by atoms with van der Waals surface area (Å²) in [4.78, 5) is 7.14. The fourth-order valence-electron chi connectivity index (χ4n) is 0.603. The summed E-state index contributed by atoms with van der Waals surface area (Å²) in [6.45, 7) is 0. The van der Waals surface area contributed by atoms with E-state index in [1.807, 2.05) is 0 Å². The average molecular weight is 153 g/mol. The Bertz CT molecular complexity index is 433. The van der Waals surface area contributed by atoms with Gasteiger partial charge in [-0.2, -0.15) is 0 Å². The van der Waals surface area contributed by atoms with Crippen LogP contribution in [0.5, 0.6) is 0 Å².